The van der Waals surface area contributed by atoms with Crippen molar-refractivity contribution < 1.29 is 14.7 Å². The third-order valence-corrected chi connectivity index (χ3v) is 5.37. The Labute approximate surface area is 192 Å². The summed E-state index contributed by atoms with van der Waals surface area (Å²) >= 11 is 3.32. The lowest BCUT2D eigenvalue weighted by Gasteiger charge is -2.20. The van der Waals surface area contributed by atoms with Crippen LogP contribution < -0.4 is 26.8 Å². The number of carbonyl (C=O) groups excluding carboxylic acids is 1. The number of hydrogen-bond acceptors (Lipinski definition) is 6. The number of benzene rings is 2. The van der Waals surface area contributed by atoms with E-state index in [1.54, 1.807) is 48.5 Å². The standard InChI is InChI=1S/C23H22BrN3O5/c1-2-11-25-18-19(21(29)20(18)28)27-17(23(31)32)12-13-3-9-16(10-4-13)26-22(30)14-5-7-15(24)8-6-14/h3-10,17,25,27H,2,11-12H2,1H3,(H,26,30)(H,31,32). The lowest BCUT2D eigenvalue weighted by molar-refractivity contribution is -0.137. The molecular formula is C23H22BrN3O5. The molecule has 0 spiro atoms. The van der Waals surface area contributed by atoms with Crippen molar-refractivity contribution in [1.82, 2.24) is 0 Å². The minimum atomic E-state index is -1.15. The summed E-state index contributed by atoms with van der Waals surface area (Å²) in [4.78, 5) is 47.7. The molecule has 0 aliphatic carbocycles. The van der Waals surface area contributed by atoms with Crippen LogP contribution in [-0.2, 0) is 11.2 Å². The Morgan fingerprint density at radius 1 is 0.969 bits per heavy atom. The van der Waals surface area contributed by atoms with Crippen LogP contribution in [0.2, 0.25) is 0 Å². The predicted octanol–water partition coefficient (Wildman–Crippen LogP) is 3.23. The van der Waals surface area contributed by atoms with Crippen molar-refractivity contribution in [2.24, 2.45) is 0 Å². The maximum absolute atomic E-state index is 12.3. The fourth-order valence-electron chi connectivity index (χ4n) is 3.09. The van der Waals surface area contributed by atoms with Crippen molar-refractivity contribution in [3.8, 4) is 0 Å². The quantitative estimate of drug-likeness (QED) is 0.315. The fourth-order valence-corrected chi connectivity index (χ4v) is 3.35. The number of carbonyl (C=O) groups is 2. The highest BCUT2D eigenvalue weighted by Crippen LogP contribution is 2.19. The monoisotopic (exact) mass is 499 g/mol. The molecule has 0 aromatic heterocycles. The largest absolute Gasteiger partial charge is 0.480 e. The summed E-state index contributed by atoms with van der Waals surface area (Å²) in [7, 11) is 0. The molecule has 3 aromatic rings. The molecule has 0 saturated carbocycles. The minimum Gasteiger partial charge on any atom is -0.480 e. The molecule has 0 aliphatic heterocycles. The summed E-state index contributed by atoms with van der Waals surface area (Å²) < 4.78 is 0.872. The van der Waals surface area contributed by atoms with Crippen LogP contribution in [0.25, 0.3) is 0 Å². The van der Waals surface area contributed by atoms with E-state index < -0.39 is 22.9 Å². The van der Waals surface area contributed by atoms with Gasteiger partial charge in [-0.3, -0.25) is 14.4 Å². The van der Waals surface area contributed by atoms with Crippen molar-refractivity contribution in [3.05, 3.63) is 84.6 Å². The first-order chi connectivity index (χ1) is 15.3. The third kappa shape index (κ3) is 5.42. The van der Waals surface area contributed by atoms with Gasteiger partial charge in [0.05, 0.1) is 0 Å². The number of nitrogens with one attached hydrogen (secondary N) is 3. The zero-order chi connectivity index (χ0) is 23.3. The van der Waals surface area contributed by atoms with Crippen LogP contribution in [0.1, 0.15) is 29.3 Å². The molecule has 1 atom stereocenters. The number of hydrogen-bond donors (Lipinski definition) is 4. The van der Waals surface area contributed by atoms with Crippen LogP contribution in [0.15, 0.2) is 62.6 Å². The molecule has 0 aliphatic rings. The van der Waals surface area contributed by atoms with Gasteiger partial charge in [-0.2, -0.15) is 0 Å². The van der Waals surface area contributed by atoms with Crippen molar-refractivity contribution in [2.45, 2.75) is 25.8 Å². The van der Waals surface area contributed by atoms with E-state index in [9.17, 15) is 24.3 Å². The summed E-state index contributed by atoms with van der Waals surface area (Å²) in [6.07, 6.45) is 0.841. The zero-order valence-corrected chi connectivity index (χ0v) is 18.9. The van der Waals surface area contributed by atoms with E-state index in [1.807, 2.05) is 6.92 Å². The Kier molecular flexibility index (Phi) is 7.42. The summed E-state index contributed by atoms with van der Waals surface area (Å²) in [5, 5.41) is 17.9. The molecule has 3 aromatic carbocycles. The maximum Gasteiger partial charge on any atom is 0.326 e. The second-order valence-electron chi connectivity index (χ2n) is 7.23. The van der Waals surface area contributed by atoms with E-state index in [1.165, 1.54) is 0 Å². The number of aliphatic carboxylic acids is 1. The molecule has 0 fully saturated rings. The summed E-state index contributed by atoms with van der Waals surface area (Å²) in [5.41, 5.74) is 0.538. The lowest BCUT2D eigenvalue weighted by atomic mass is 10.0. The van der Waals surface area contributed by atoms with Crippen LogP contribution in [0, 0.1) is 0 Å². The Morgan fingerprint density at radius 2 is 1.59 bits per heavy atom. The highest BCUT2D eigenvalue weighted by molar-refractivity contribution is 9.10. The van der Waals surface area contributed by atoms with Gasteiger partial charge >= 0.3 is 5.97 Å². The van der Waals surface area contributed by atoms with Gasteiger partial charge in [0.25, 0.3) is 16.8 Å². The molecule has 0 saturated heterocycles. The Bertz CT molecular complexity index is 1180. The first-order valence-electron chi connectivity index (χ1n) is 10.0. The topological polar surface area (TPSA) is 125 Å². The zero-order valence-electron chi connectivity index (χ0n) is 17.3. The van der Waals surface area contributed by atoms with Gasteiger partial charge < -0.3 is 21.1 Å². The normalized spacial score (nSPS) is 11.7. The smallest absolute Gasteiger partial charge is 0.326 e. The number of carboxylic acids is 1. The second kappa shape index (κ2) is 10.2. The van der Waals surface area contributed by atoms with Crippen molar-refractivity contribution in [2.75, 3.05) is 22.5 Å². The molecule has 32 heavy (non-hydrogen) atoms. The number of anilines is 3. The third-order valence-electron chi connectivity index (χ3n) is 4.84. The average molecular weight is 500 g/mol. The van der Waals surface area contributed by atoms with E-state index >= 15 is 0 Å². The van der Waals surface area contributed by atoms with Crippen LogP contribution in [0.5, 0.6) is 0 Å². The molecule has 9 heteroatoms. The van der Waals surface area contributed by atoms with Crippen molar-refractivity contribution >= 4 is 44.9 Å². The van der Waals surface area contributed by atoms with E-state index in [0.29, 0.717) is 23.4 Å². The van der Waals surface area contributed by atoms with E-state index in [2.05, 4.69) is 31.9 Å². The molecule has 0 heterocycles. The Hall–Kier alpha value is -3.46. The van der Waals surface area contributed by atoms with Crippen LogP contribution in [-0.4, -0.2) is 29.6 Å². The van der Waals surface area contributed by atoms with Gasteiger partial charge in [0.15, 0.2) is 0 Å². The minimum absolute atomic E-state index is 0.00855. The number of carboxylic acid groups (broad SMARTS) is 1. The van der Waals surface area contributed by atoms with E-state index in [4.69, 9.17) is 0 Å². The van der Waals surface area contributed by atoms with Gasteiger partial charge in [-0.15, -0.1) is 0 Å². The maximum atomic E-state index is 12.3. The SMILES string of the molecule is CCCNc1c(NC(Cc2ccc(NC(=O)c3ccc(Br)cc3)cc2)C(=O)O)c(=O)c1=O. The van der Waals surface area contributed by atoms with E-state index in [0.717, 1.165) is 10.9 Å². The Balaban J connectivity index is 1.66. The molecule has 8 nitrogen and oxygen atoms in total. The molecule has 1 amide bonds. The summed E-state index contributed by atoms with van der Waals surface area (Å²) in [6.45, 7) is 2.42. The van der Waals surface area contributed by atoms with Gasteiger partial charge in [0.1, 0.15) is 17.4 Å². The highest BCUT2D eigenvalue weighted by atomic mass is 79.9. The van der Waals surface area contributed by atoms with Gasteiger partial charge in [0, 0.05) is 28.7 Å². The van der Waals surface area contributed by atoms with Gasteiger partial charge in [-0.25, -0.2) is 4.79 Å². The number of rotatable bonds is 10. The van der Waals surface area contributed by atoms with Crippen molar-refractivity contribution in [1.29, 1.82) is 0 Å². The molecule has 166 valence electrons. The summed E-state index contributed by atoms with van der Waals surface area (Å²) in [6, 6.07) is 12.6. The van der Waals surface area contributed by atoms with Gasteiger partial charge in [-0.05, 0) is 48.4 Å². The van der Waals surface area contributed by atoms with E-state index in [-0.39, 0.29) is 23.7 Å². The molecule has 3 rings (SSSR count). The molecule has 0 bridgehead atoms. The van der Waals surface area contributed by atoms with Gasteiger partial charge in [-0.1, -0.05) is 35.0 Å². The van der Waals surface area contributed by atoms with Crippen LogP contribution >= 0.6 is 15.9 Å². The van der Waals surface area contributed by atoms with Crippen LogP contribution in [0.4, 0.5) is 17.1 Å². The highest BCUT2D eigenvalue weighted by Gasteiger charge is 2.26. The fraction of sp³-hybridized carbons (Fsp3) is 0.217. The first kappa shape index (κ1) is 23.2. The lowest BCUT2D eigenvalue weighted by Crippen LogP contribution is -2.42. The predicted molar refractivity (Wildman–Crippen MR) is 127 cm³/mol. The first-order valence-corrected chi connectivity index (χ1v) is 10.8. The molecular weight excluding hydrogens is 478 g/mol. The second-order valence-corrected chi connectivity index (χ2v) is 8.15. The van der Waals surface area contributed by atoms with Crippen LogP contribution in [0.3, 0.4) is 0 Å². The Morgan fingerprint density at radius 3 is 2.19 bits per heavy atom. The molecule has 1 unspecified atom stereocenters. The molecule has 0 radical (unpaired) electrons. The van der Waals surface area contributed by atoms with Crippen molar-refractivity contribution in [3.63, 3.8) is 0 Å². The average Bonchev–Trinajstić information content (AvgIpc) is 2.78. The van der Waals surface area contributed by atoms with Gasteiger partial charge in [0.2, 0.25) is 0 Å². The molecule has 4 N–H and O–H groups in total. The summed E-state index contributed by atoms with van der Waals surface area (Å²) in [5.74, 6) is -1.41. The number of halogens is 1. The number of amides is 1.